The molecule has 0 saturated carbocycles. The Morgan fingerprint density at radius 1 is 1.04 bits per heavy atom. The average Bonchev–Trinajstić information content (AvgIpc) is 2.60. The zero-order valence-corrected chi connectivity index (χ0v) is 15.0. The van der Waals surface area contributed by atoms with Crippen molar-refractivity contribution in [1.29, 1.82) is 0 Å². The van der Waals surface area contributed by atoms with Crippen molar-refractivity contribution in [3.05, 3.63) is 53.1 Å². The highest BCUT2D eigenvalue weighted by atomic mass is 16.5. The van der Waals surface area contributed by atoms with Gasteiger partial charge >= 0.3 is 0 Å². The van der Waals surface area contributed by atoms with Gasteiger partial charge in [0.2, 0.25) is 0 Å². The Bertz CT molecular complexity index is 670. The Kier molecular flexibility index (Phi) is 6.50. The summed E-state index contributed by atoms with van der Waals surface area (Å²) in [6.07, 6.45) is 0.798. The Morgan fingerprint density at radius 3 is 2.42 bits per heavy atom. The normalized spacial score (nSPS) is 11.9. The van der Waals surface area contributed by atoms with Crippen LogP contribution in [0.4, 0.5) is 0 Å². The number of methoxy groups -OCH3 is 2. The molecule has 24 heavy (non-hydrogen) atoms. The number of aryl methyl sites for hydroxylation is 1. The van der Waals surface area contributed by atoms with Gasteiger partial charge < -0.3 is 19.9 Å². The third-order valence-corrected chi connectivity index (χ3v) is 4.21. The van der Waals surface area contributed by atoms with Gasteiger partial charge in [0, 0.05) is 5.92 Å². The summed E-state index contributed by atoms with van der Waals surface area (Å²) in [6, 6.07) is 12.2. The van der Waals surface area contributed by atoms with Crippen LogP contribution in [-0.2, 0) is 6.42 Å². The van der Waals surface area contributed by atoms with E-state index in [2.05, 4.69) is 18.2 Å². The summed E-state index contributed by atoms with van der Waals surface area (Å²) in [5.74, 6) is 2.67. The van der Waals surface area contributed by atoms with E-state index in [1.807, 2.05) is 32.0 Å². The highest BCUT2D eigenvalue weighted by molar-refractivity contribution is 5.48. The molecule has 0 radical (unpaired) electrons. The lowest BCUT2D eigenvalue weighted by molar-refractivity contribution is 0.309. The Morgan fingerprint density at radius 2 is 1.83 bits per heavy atom. The van der Waals surface area contributed by atoms with Crippen LogP contribution in [0.1, 0.15) is 29.5 Å². The molecule has 4 nitrogen and oxygen atoms in total. The molecule has 0 amide bonds. The quantitative estimate of drug-likeness (QED) is 0.802. The predicted molar refractivity (Wildman–Crippen MR) is 97.4 cm³/mol. The molecule has 2 aromatic carbocycles. The Hall–Kier alpha value is -2.20. The highest BCUT2D eigenvalue weighted by Crippen LogP contribution is 2.34. The zero-order valence-electron chi connectivity index (χ0n) is 15.0. The standard InChI is InChI=1S/C20H27NO3/c1-5-24-19-8-6-7-16(20(19)23-4)12-17(13-21)15-9-10-18(22-3)14(2)11-15/h6-11,17H,5,12-13,21H2,1-4H3. The molecule has 0 aliphatic carbocycles. The van der Waals surface area contributed by atoms with E-state index in [9.17, 15) is 0 Å². The fraction of sp³-hybridized carbons (Fsp3) is 0.400. The number of hydrogen-bond donors (Lipinski definition) is 1. The van der Waals surface area contributed by atoms with Crippen LogP contribution in [-0.4, -0.2) is 27.4 Å². The average molecular weight is 329 g/mol. The molecule has 1 atom stereocenters. The molecule has 0 heterocycles. The number of rotatable bonds is 8. The number of hydrogen-bond acceptors (Lipinski definition) is 4. The minimum atomic E-state index is 0.209. The third-order valence-electron chi connectivity index (χ3n) is 4.21. The second kappa shape index (κ2) is 8.60. The van der Waals surface area contributed by atoms with E-state index in [4.69, 9.17) is 19.9 Å². The van der Waals surface area contributed by atoms with Crippen molar-refractivity contribution in [2.45, 2.75) is 26.2 Å². The number of nitrogens with two attached hydrogens (primary N) is 1. The molecule has 2 aromatic rings. The smallest absolute Gasteiger partial charge is 0.163 e. The maximum atomic E-state index is 6.06. The van der Waals surface area contributed by atoms with Crippen LogP contribution in [0.5, 0.6) is 17.2 Å². The van der Waals surface area contributed by atoms with E-state index in [-0.39, 0.29) is 5.92 Å². The molecule has 0 bridgehead atoms. The topological polar surface area (TPSA) is 53.7 Å². The van der Waals surface area contributed by atoms with Gasteiger partial charge in [-0.1, -0.05) is 24.3 Å². The molecule has 4 heteroatoms. The van der Waals surface area contributed by atoms with E-state index >= 15 is 0 Å². The van der Waals surface area contributed by atoms with Gasteiger partial charge in [-0.05, 0) is 55.6 Å². The second-order valence-corrected chi connectivity index (χ2v) is 5.75. The summed E-state index contributed by atoms with van der Waals surface area (Å²) in [4.78, 5) is 0. The van der Waals surface area contributed by atoms with Crippen LogP contribution in [0, 0.1) is 6.92 Å². The van der Waals surface area contributed by atoms with Gasteiger partial charge in [-0.25, -0.2) is 0 Å². The molecular formula is C20H27NO3. The third kappa shape index (κ3) is 4.01. The summed E-state index contributed by atoms with van der Waals surface area (Å²) in [7, 11) is 3.36. The molecule has 0 saturated heterocycles. The second-order valence-electron chi connectivity index (χ2n) is 5.75. The fourth-order valence-electron chi connectivity index (χ4n) is 2.98. The largest absolute Gasteiger partial charge is 0.496 e. The first-order chi connectivity index (χ1) is 11.6. The SMILES string of the molecule is CCOc1cccc(CC(CN)c2ccc(OC)c(C)c2)c1OC. The lowest BCUT2D eigenvalue weighted by Gasteiger charge is -2.20. The van der Waals surface area contributed by atoms with Crippen molar-refractivity contribution in [2.75, 3.05) is 27.4 Å². The molecule has 1 unspecified atom stereocenters. The number of para-hydroxylation sites is 1. The molecule has 0 aromatic heterocycles. The maximum absolute atomic E-state index is 6.06. The van der Waals surface area contributed by atoms with Crippen molar-refractivity contribution in [2.24, 2.45) is 5.73 Å². The van der Waals surface area contributed by atoms with Gasteiger partial charge in [-0.15, -0.1) is 0 Å². The van der Waals surface area contributed by atoms with Crippen LogP contribution in [0.3, 0.4) is 0 Å². The van der Waals surface area contributed by atoms with Crippen LogP contribution in [0.25, 0.3) is 0 Å². The lowest BCUT2D eigenvalue weighted by atomic mass is 9.90. The lowest BCUT2D eigenvalue weighted by Crippen LogP contribution is -2.16. The van der Waals surface area contributed by atoms with Crippen LogP contribution in [0.2, 0.25) is 0 Å². The van der Waals surface area contributed by atoms with Crippen LogP contribution < -0.4 is 19.9 Å². The number of benzene rings is 2. The van der Waals surface area contributed by atoms with E-state index in [0.29, 0.717) is 13.2 Å². The van der Waals surface area contributed by atoms with E-state index < -0.39 is 0 Å². The van der Waals surface area contributed by atoms with Crippen molar-refractivity contribution < 1.29 is 14.2 Å². The van der Waals surface area contributed by atoms with Gasteiger partial charge in [0.05, 0.1) is 20.8 Å². The minimum absolute atomic E-state index is 0.209. The van der Waals surface area contributed by atoms with Gasteiger partial charge in [0.1, 0.15) is 5.75 Å². The summed E-state index contributed by atoms with van der Waals surface area (Å²) in [5, 5.41) is 0. The highest BCUT2D eigenvalue weighted by Gasteiger charge is 2.17. The monoisotopic (exact) mass is 329 g/mol. The fourth-order valence-corrected chi connectivity index (χ4v) is 2.98. The molecule has 130 valence electrons. The predicted octanol–water partition coefficient (Wildman–Crippen LogP) is 3.70. The van der Waals surface area contributed by atoms with Crippen molar-refractivity contribution >= 4 is 0 Å². The molecule has 0 aliphatic heterocycles. The summed E-state index contributed by atoms with van der Waals surface area (Å²) in [6.45, 7) is 5.19. The van der Waals surface area contributed by atoms with E-state index in [1.54, 1.807) is 14.2 Å². The van der Waals surface area contributed by atoms with E-state index in [0.717, 1.165) is 34.8 Å². The van der Waals surface area contributed by atoms with E-state index in [1.165, 1.54) is 5.56 Å². The van der Waals surface area contributed by atoms with Gasteiger partial charge in [-0.2, -0.15) is 0 Å². The van der Waals surface area contributed by atoms with Gasteiger partial charge in [0.15, 0.2) is 11.5 Å². The minimum Gasteiger partial charge on any atom is -0.496 e. The molecule has 0 aliphatic rings. The van der Waals surface area contributed by atoms with Crippen molar-refractivity contribution in [3.8, 4) is 17.2 Å². The first-order valence-corrected chi connectivity index (χ1v) is 8.27. The molecule has 2 N–H and O–H groups in total. The molecule has 0 spiro atoms. The van der Waals surface area contributed by atoms with Crippen molar-refractivity contribution in [3.63, 3.8) is 0 Å². The first kappa shape index (κ1) is 18.1. The Balaban J connectivity index is 2.30. The maximum Gasteiger partial charge on any atom is 0.163 e. The number of ether oxygens (including phenoxy) is 3. The Labute approximate surface area is 144 Å². The summed E-state index contributed by atoms with van der Waals surface area (Å²) in [5.41, 5.74) is 9.48. The zero-order chi connectivity index (χ0) is 17.5. The van der Waals surface area contributed by atoms with Crippen LogP contribution >= 0.6 is 0 Å². The molecule has 2 rings (SSSR count). The van der Waals surface area contributed by atoms with Crippen LogP contribution in [0.15, 0.2) is 36.4 Å². The van der Waals surface area contributed by atoms with Gasteiger partial charge in [-0.3, -0.25) is 0 Å². The molecule has 0 fully saturated rings. The summed E-state index contributed by atoms with van der Waals surface area (Å²) >= 11 is 0. The van der Waals surface area contributed by atoms with Gasteiger partial charge in [0.25, 0.3) is 0 Å². The molecular weight excluding hydrogens is 302 g/mol. The first-order valence-electron chi connectivity index (χ1n) is 8.27. The summed E-state index contributed by atoms with van der Waals surface area (Å²) < 4.78 is 16.6. The van der Waals surface area contributed by atoms with Crippen molar-refractivity contribution in [1.82, 2.24) is 0 Å².